The molecule has 2 rings (SSSR count). The van der Waals surface area contributed by atoms with Gasteiger partial charge in [0.25, 0.3) is 0 Å². The molecule has 92 valence electrons. The maximum absolute atomic E-state index is 6.01. The number of nitrogens with zero attached hydrogens (tertiary/aromatic N) is 2. The molecule has 0 bridgehead atoms. The molecule has 1 aliphatic rings. The average Bonchev–Trinajstić information content (AvgIpc) is 2.69. The summed E-state index contributed by atoms with van der Waals surface area (Å²) in [4.78, 5) is 6.57. The molecule has 1 unspecified atom stereocenters. The van der Waals surface area contributed by atoms with Gasteiger partial charge in [-0.3, -0.25) is 4.99 Å². The summed E-state index contributed by atoms with van der Waals surface area (Å²) in [6.07, 6.45) is 3.26. The second kappa shape index (κ2) is 5.45. The normalized spacial score (nSPS) is 19.5. The van der Waals surface area contributed by atoms with E-state index in [2.05, 4.69) is 47.3 Å². The van der Waals surface area contributed by atoms with Crippen LogP contribution in [0.5, 0.6) is 0 Å². The van der Waals surface area contributed by atoms with Crippen LogP contribution in [0, 0.1) is 6.92 Å². The molecule has 3 nitrogen and oxygen atoms in total. The molecule has 1 aliphatic heterocycles. The van der Waals surface area contributed by atoms with Gasteiger partial charge in [-0.15, -0.1) is 0 Å². The first-order chi connectivity index (χ1) is 8.24. The van der Waals surface area contributed by atoms with Gasteiger partial charge in [-0.2, -0.15) is 11.8 Å². The average molecular weight is 249 g/mol. The molecule has 1 atom stereocenters. The van der Waals surface area contributed by atoms with Crippen molar-refractivity contribution in [3.63, 3.8) is 0 Å². The van der Waals surface area contributed by atoms with Gasteiger partial charge >= 0.3 is 0 Å². The quantitative estimate of drug-likeness (QED) is 0.890. The highest BCUT2D eigenvalue weighted by molar-refractivity contribution is 7.98. The maximum atomic E-state index is 6.01. The molecule has 0 saturated carbocycles. The molecular weight excluding hydrogens is 230 g/mol. The van der Waals surface area contributed by atoms with Crippen molar-refractivity contribution in [3.8, 4) is 0 Å². The lowest BCUT2D eigenvalue weighted by atomic mass is 10.1. The Morgan fingerprint density at radius 2 is 2.24 bits per heavy atom. The lowest BCUT2D eigenvalue weighted by molar-refractivity contribution is 0.689. The molecule has 0 saturated heterocycles. The van der Waals surface area contributed by atoms with E-state index in [1.54, 1.807) is 0 Å². The second-order valence-corrected chi connectivity index (χ2v) is 5.28. The van der Waals surface area contributed by atoms with E-state index in [-0.39, 0.29) is 0 Å². The van der Waals surface area contributed by atoms with Gasteiger partial charge in [0.2, 0.25) is 0 Å². The largest absolute Gasteiger partial charge is 0.370 e. The minimum Gasteiger partial charge on any atom is -0.370 e. The van der Waals surface area contributed by atoms with Crippen LogP contribution in [0.4, 0.5) is 5.69 Å². The van der Waals surface area contributed by atoms with Gasteiger partial charge in [-0.1, -0.05) is 18.2 Å². The molecule has 0 fully saturated rings. The third-order valence-corrected chi connectivity index (χ3v) is 3.75. The van der Waals surface area contributed by atoms with Crippen LogP contribution in [0.15, 0.2) is 29.3 Å². The fourth-order valence-corrected chi connectivity index (χ4v) is 2.68. The highest BCUT2D eigenvalue weighted by Crippen LogP contribution is 2.26. The summed E-state index contributed by atoms with van der Waals surface area (Å²) >= 11 is 1.87. The number of hydrogen-bond acceptors (Lipinski definition) is 4. The first kappa shape index (κ1) is 12.3. The SMILES string of the molecule is CSCCC1CN=C(N)N1c1ccccc1C. The summed E-state index contributed by atoms with van der Waals surface area (Å²) < 4.78 is 0. The number of aryl methyl sites for hydroxylation is 1. The molecule has 17 heavy (non-hydrogen) atoms. The first-order valence-corrected chi connectivity index (χ1v) is 7.27. The number of para-hydroxylation sites is 1. The molecule has 4 heteroatoms. The first-order valence-electron chi connectivity index (χ1n) is 5.87. The van der Waals surface area contributed by atoms with Gasteiger partial charge in [0.1, 0.15) is 0 Å². The number of guanidine groups is 1. The number of anilines is 1. The van der Waals surface area contributed by atoms with E-state index in [4.69, 9.17) is 5.73 Å². The Balaban J connectivity index is 2.22. The van der Waals surface area contributed by atoms with Crippen LogP contribution >= 0.6 is 11.8 Å². The summed E-state index contributed by atoms with van der Waals surface area (Å²) in [6, 6.07) is 8.77. The lowest BCUT2D eigenvalue weighted by Crippen LogP contribution is -2.41. The predicted molar refractivity (Wildman–Crippen MR) is 76.9 cm³/mol. The van der Waals surface area contributed by atoms with Crippen molar-refractivity contribution < 1.29 is 0 Å². The van der Waals surface area contributed by atoms with Crippen molar-refractivity contribution in [2.75, 3.05) is 23.5 Å². The molecule has 1 aromatic rings. The Morgan fingerprint density at radius 1 is 1.47 bits per heavy atom. The molecule has 1 heterocycles. The van der Waals surface area contributed by atoms with E-state index >= 15 is 0 Å². The number of aliphatic imine (C=N–C) groups is 1. The zero-order valence-electron chi connectivity index (χ0n) is 10.4. The summed E-state index contributed by atoms with van der Waals surface area (Å²) in [6.45, 7) is 2.94. The highest BCUT2D eigenvalue weighted by Gasteiger charge is 2.27. The predicted octanol–water partition coefficient (Wildman–Crippen LogP) is 2.25. The van der Waals surface area contributed by atoms with Crippen molar-refractivity contribution in [1.82, 2.24) is 0 Å². The Hall–Kier alpha value is -1.16. The third kappa shape index (κ3) is 2.57. The summed E-state index contributed by atoms with van der Waals surface area (Å²) in [5, 5.41) is 0. The number of benzene rings is 1. The molecule has 0 aromatic heterocycles. The molecule has 2 N–H and O–H groups in total. The van der Waals surface area contributed by atoms with Crippen molar-refractivity contribution in [2.45, 2.75) is 19.4 Å². The van der Waals surface area contributed by atoms with Gasteiger partial charge in [0, 0.05) is 5.69 Å². The summed E-state index contributed by atoms with van der Waals surface area (Å²) in [5.41, 5.74) is 8.45. The fourth-order valence-electron chi connectivity index (χ4n) is 2.17. The van der Waals surface area contributed by atoms with Crippen LogP contribution < -0.4 is 10.6 Å². The van der Waals surface area contributed by atoms with Crippen molar-refractivity contribution in [2.24, 2.45) is 10.7 Å². The minimum atomic E-state index is 0.420. The number of rotatable bonds is 4. The fraction of sp³-hybridized carbons (Fsp3) is 0.462. The van der Waals surface area contributed by atoms with E-state index < -0.39 is 0 Å². The number of nitrogens with two attached hydrogens (primary N) is 1. The monoisotopic (exact) mass is 249 g/mol. The molecule has 0 radical (unpaired) electrons. The molecule has 1 aromatic carbocycles. The molecule has 0 spiro atoms. The minimum absolute atomic E-state index is 0.420. The van der Waals surface area contributed by atoms with Gasteiger partial charge in [0.15, 0.2) is 5.96 Å². The Kier molecular flexibility index (Phi) is 3.94. The zero-order valence-corrected chi connectivity index (χ0v) is 11.2. The van der Waals surface area contributed by atoms with E-state index in [9.17, 15) is 0 Å². The van der Waals surface area contributed by atoms with E-state index in [0.29, 0.717) is 12.0 Å². The van der Waals surface area contributed by atoms with E-state index in [1.807, 2.05) is 11.8 Å². The smallest absolute Gasteiger partial charge is 0.196 e. The standard InChI is InChI=1S/C13H19N3S/c1-10-5-3-4-6-12(10)16-11(7-8-17-2)9-15-13(16)14/h3-6,11H,7-9H2,1-2H3,(H2,14,15). The second-order valence-electron chi connectivity index (χ2n) is 4.29. The van der Waals surface area contributed by atoms with Crippen LogP contribution in [0.25, 0.3) is 0 Å². The van der Waals surface area contributed by atoms with Crippen molar-refractivity contribution in [1.29, 1.82) is 0 Å². The Bertz CT molecular complexity index is 417. The van der Waals surface area contributed by atoms with E-state index in [0.717, 1.165) is 18.7 Å². The summed E-state index contributed by atoms with van der Waals surface area (Å²) in [7, 11) is 0. The van der Waals surface area contributed by atoms with Crippen molar-refractivity contribution >= 4 is 23.4 Å². The molecular formula is C13H19N3S. The molecule has 0 amide bonds. The van der Waals surface area contributed by atoms with Crippen LogP contribution in [0.1, 0.15) is 12.0 Å². The zero-order chi connectivity index (χ0) is 12.3. The van der Waals surface area contributed by atoms with E-state index in [1.165, 1.54) is 11.3 Å². The Morgan fingerprint density at radius 3 is 2.94 bits per heavy atom. The van der Waals surface area contributed by atoms with Gasteiger partial charge < -0.3 is 10.6 Å². The van der Waals surface area contributed by atoms with Crippen LogP contribution in [0.3, 0.4) is 0 Å². The lowest BCUT2D eigenvalue weighted by Gasteiger charge is -2.27. The molecule has 0 aliphatic carbocycles. The topological polar surface area (TPSA) is 41.6 Å². The van der Waals surface area contributed by atoms with Crippen LogP contribution in [0.2, 0.25) is 0 Å². The Labute approximate surface area is 107 Å². The summed E-state index contributed by atoms with van der Waals surface area (Å²) in [5.74, 6) is 1.81. The number of hydrogen-bond donors (Lipinski definition) is 1. The van der Waals surface area contributed by atoms with Gasteiger partial charge in [-0.25, -0.2) is 0 Å². The van der Waals surface area contributed by atoms with Gasteiger partial charge in [-0.05, 0) is 37.0 Å². The highest BCUT2D eigenvalue weighted by atomic mass is 32.2. The van der Waals surface area contributed by atoms with Crippen LogP contribution in [-0.4, -0.2) is 30.6 Å². The van der Waals surface area contributed by atoms with Crippen molar-refractivity contribution in [3.05, 3.63) is 29.8 Å². The van der Waals surface area contributed by atoms with Crippen LogP contribution in [-0.2, 0) is 0 Å². The maximum Gasteiger partial charge on any atom is 0.196 e. The number of thioether (sulfide) groups is 1. The third-order valence-electron chi connectivity index (χ3n) is 3.11. The van der Waals surface area contributed by atoms with Gasteiger partial charge in [0.05, 0.1) is 12.6 Å².